The molecule has 9 heteroatoms. The number of benzene rings is 1. The highest BCUT2D eigenvalue weighted by Crippen LogP contribution is 2.31. The maximum absolute atomic E-state index is 13.2. The minimum absolute atomic E-state index is 0.0746. The first-order valence-electron chi connectivity index (χ1n) is 10.5. The van der Waals surface area contributed by atoms with Crippen molar-refractivity contribution >= 4 is 33.5 Å². The molecule has 2 fully saturated rings. The summed E-state index contributed by atoms with van der Waals surface area (Å²) in [5.74, 6) is -0.979. The summed E-state index contributed by atoms with van der Waals surface area (Å²) in [6, 6.07) is 4.21. The summed E-state index contributed by atoms with van der Waals surface area (Å²) in [4.78, 5) is 25.3. The molecule has 1 aliphatic heterocycles. The Hall–Kier alpha value is -1.64. The summed E-state index contributed by atoms with van der Waals surface area (Å²) in [6.45, 7) is 0.890. The number of nitrogens with one attached hydrogen (secondary N) is 1. The maximum atomic E-state index is 13.2. The normalized spacial score (nSPS) is 20.2. The lowest BCUT2D eigenvalue weighted by Gasteiger charge is -2.35. The second kappa shape index (κ2) is 9.66. The zero-order valence-electron chi connectivity index (χ0n) is 17.3. The first kappa shape index (κ1) is 23.0. The van der Waals surface area contributed by atoms with Crippen LogP contribution in [-0.4, -0.2) is 50.3 Å². The minimum atomic E-state index is -3.81. The van der Waals surface area contributed by atoms with Crippen molar-refractivity contribution in [2.75, 3.05) is 20.2 Å². The Kier molecular flexibility index (Phi) is 7.42. The number of halogens is 1. The molecule has 1 aromatic carbocycles. The van der Waals surface area contributed by atoms with E-state index in [4.69, 9.17) is 16.3 Å². The van der Waals surface area contributed by atoms with Gasteiger partial charge in [-0.15, -0.1) is 0 Å². The number of methoxy groups -OCH3 is 1. The molecule has 1 saturated heterocycles. The molecule has 3 rings (SSSR count). The maximum Gasteiger partial charge on any atom is 0.331 e. The van der Waals surface area contributed by atoms with Gasteiger partial charge in [0.05, 0.1) is 12.1 Å². The van der Waals surface area contributed by atoms with Crippen LogP contribution in [0.1, 0.15) is 68.1 Å². The highest BCUT2D eigenvalue weighted by molar-refractivity contribution is 7.89. The molecule has 0 spiro atoms. The van der Waals surface area contributed by atoms with Gasteiger partial charge in [-0.05, 0) is 43.9 Å². The molecule has 166 valence electrons. The van der Waals surface area contributed by atoms with E-state index in [-0.39, 0.29) is 15.5 Å². The van der Waals surface area contributed by atoms with Gasteiger partial charge < -0.3 is 10.1 Å². The molecule has 0 bridgehead atoms. The Bertz CT molecular complexity index is 889. The molecule has 2 aliphatic rings. The lowest BCUT2D eigenvalue weighted by atomic mass is 9.81. The van der Waals surface area contributed by atoms with Crippen molar-refractivity contribution in [3.8, 4) is 0 Å². The van der Waals surface area contributed by atoms with Gasteiger partial charge in [-0.2, -0.15) is 4.31 Å². The third-order valence-electron chi connectivity index (χ3n) is 6.01. The van der Waals surface area contributed by atoms with E-state index < -0.39 is 27.4 Å². The fourth-order valence-electron chi connectivity index (χ4n) is 4.28. The largest absolute Gasteiger partial charge is 0.467 e. The van der Waals surface area contributed by atoms with E-state index in [1.807, 2.05) is 0 Å². The van der Waals surface area contributed by atoms with Crippen molar-refractivity contribution in [3.63, 3.8) is 0 Å². The molecule has 0 radical (unpaired) electrons. The topological polar surface area (TPSA) is 92.8 Å². The first-order valence-corrected chi connectivity index (χ1v) is 12.3. The number of carbonyl (C=O) groups is 2. The van der Waals surface area contributed by atoms with Crippen LogP contribution < -0.4 is 5.32 Å². The van der Waals surface area contributed by atoms with Crippen LogP contribution in [0.5, 0.6) is 0 Å². The van der Waals surface area contributed by atoms with Gasteiger partial charge in [0.25, 0.3) is 5.91 Å². The van der Waals surface area contributed by atoms with E-state index in [0.29, 0.717) is 25.9 Å². The molecular weight excluding hydrogens is 428 g/mol. The third kappa shape index (κ3) is 4.81. The molecule has 1 aliphatic carbocycles. The molecular formula is C21H29ClN2O5S. The number of amides is 1. The molecule has 1 N–H and O–H groups in total. The lowest BCUT2D eigenvalue weighted by Crippen LogP contribution is -2.56. The van der Waals surface area contributed by atoms with Crippen LogP contribution >= 0.6 is 11.6 Å². The van der Waals surface area contributed by atoms with Crippen LogP contribution in [0.3, 0.4) is 0 Å². The Balaban J connectivity index is 1.88. The van der Waals surface area contributed by atoms with E-state index >= 15 is 0 Å². The zero-order chi connectivity index (χ0) is 21.8. The molecule has 7 nitrogen and oxygen atoms in total. The van der Waals surface area contributed by atoms with E-state index in [2.05, 4.69) is 5.32 Å². The molecule has 1 aromatic rings. The van der Waals surface area contributed by atoms with Crippen molar-refractivity contribution in [1.82, 2.24) is 9.62 Å². The van der Waals surface area contributed by atoms with Gasteiger partial charge in [0.2, 0.25) is 10.0 Å². The Morgan fingerprint density at radius 1 is 1.03 bits per heavy atom. The van der Waals surface area contributed by atoms with Gasteiger partial charge in [-0.1, -0.05) is 43.7 Å². The van der Waals surface area contributed by atoms with Gasteiger partial charge in [0, 0.05) is 18.7 Å². The van der Waals surface area contributed by atoms with Gasteiger partial charge in [-0.25, -0.2) is 13.2 Å². The molecule has 30 heavy (non-hydrogen) atoms. The number of esters is 1. The van der Waals surface area contributed by atoms with Crippen LogP contribution in [0.25, 0.3) is 0 Å². The zero-order valence-corrected chi connectivity index (χ0v) is 18.9. The average molecular weight is 457 g/mol. The quantitative estimate of drug-likeness (QED) is 0.684. The second-order valence-corrected chi connectivity index (χ2v) is 10.4. The summed E-state index contributed by atoms with van der Waals surface area (Å²) >= 11 is 6.23. The predicted molar refractivity (Wildman–Crippen MR) is 114 cm³/mol. The molecule has 1 heterocycles. The SMILES string of the molecule is COC(=O)C1(NC(=O)c2ccc(Cl)c(S(=O)(=O)N3CCCCCC3)c2)CCCCC1. The number of hydrogen-bond donors (Lipinski definition) is 1. The van der Waals surface area contributed by atoms with Crippen LogP contribution in [0.2, 0.25) is 5.02 Å². The van der Waals surface area contributed by atoms with Crippen molar-refractivity contribution in [2.45, 2.75) is 68.2 Å². The van der Waals surface area contributed by atoms with E-state index in [0.717, 1.165) is 44.9 Å². The smallest absolute Gasteiger partial charge is 0.331 e. The van der Waals surface area contributed by atoms with Crippen LogP contribution in [0.15, 0.2) is 23.1 Å². The second-order valence-electron chi connectivity index (χ2n) is 8.05. The number of hydrogen-bond acceptors (Lipinski definition) is 5. The Morgan fingerprint density at radius 2 is 1.63 bits per heavy atom. The highest BCUT2D eigenvalue weighted by atomic mass is 35.5. The predicted octanol–water partition coefficient (Wildman–Crippen LogP) is 3.51. The Morgan fingerprint density at radius 3 is 2.23 bits per heavy atom. The number of sulfonamides is 1. The monoisotopic (exact) mass is 456 g/mol. The fraction of sp³-hybridized carbons (Fsp3) is 0.619. The van der Waals surface area contributed by atoms with Crippen LogP contribution in [0, 0.1) is 0 Å². The first-order chi connectivity index (χ1) is 14.3. The van der Waals surface area contributed by atoms with E-state index in [1.165, 1.54) is 29.6 Å². The Labute approximate surface area is 183 Å². The molecule has 0 unspecified atom stereocenters. The van der Waals surface area contributed by atoms with Crippen molar-refractivity contribution in [2.24, 2.45) is 0 Å². The van der Waals surface area contributed by atoms with Crippen LogP contribution in [-0.2, 0) is 19.6 Å². The van der Waals surface area contributed by atoms with E-state index in [1.54, 1.807) is 0 Å². The van der Waals surface area contributed by atoms with Crippen molar-refractivity contribution in [1.29, 1.82) is 0 Å². The number of nitrogens with zero attached hydrogens (tertiary/aromatic N) is 1. The van der Waals surface area contributed by atoms with Gasteiger partial charge in [0.1, 0.15) is 10.4 Å². The summed E-state index contributed by atoms with van der Waals surface area (Å²) in [6.07, 6.45) is 7.21. The highest BCUT2D eigenvalue weighted by Gasteiger charge is 2.42. The average Bonchev–Trinajstić information content (AvgIpc) is 3.04. The molecule has 1 saturated carbocycles. The van der Waals surface area contributed by atoms with Crippen molar-refractivity contribution in [3.05, 3.63) is 28.8 Å². The molecule has 0 atom stereocenters. The lowest BCUT2D eigenvalue weighted by molar-refractivity contribution is -0.149. The summed E-state index contributed by atoms with van der Waals surface area (Å²) in [5, 5.41) is 2.90. The van der Waals surface area contributed by atoms with Gasteiger partial charge >= 0.3 is 5.97 Å². The number of carbonyl (C=O) groups excluding carboxylic acids is 2. The summed E-state index contributed by atoms with van der Waals surface area (Å²) in [7, 11) is -2.51. The van der Waals surface area contributed by atoms with Crippen LogP contribution in [0.4, 0.5) is 0 Å². The van der Waals surface area contributed by atoms with Gasteiger partial charge in [-0.3, -0.25) is 4.79 Å². The van der Waals surface area contributed by atoms with Crippen molar-refractivity contribution < 1.29 is 22.7 Å². The summed E-state index contributed by atoms with van der Waals surface area (Å²) < 4.78 is 32.7. The third-order valence-corrected chi connectivity index (χ3v) is 8.39. The standard InChI is InChI=1S/C21H29ClN2O5S/c1-29-20(26)21(11-5-4-6-12-21)23-19(25)16-9-10-17(22)18(15-16)30(27,28)24-13-7-2-3-8-14-24/h9-10,15H,2-8,11-14H2,1H3,(H,23,25). The molecule has 0 aromatic heterocycles. The fourth-order valence-corrected chi connectivity index (χ4v) is 6.30. The van der Waals surface area contributed by atoms with Gasteiger partial charge in [0.15, 0.2) is 0 Å². The van der Waals surface area contributed by atoms with E-state index in [9.17, 15) is 18.0 Å². The number of ether oxygens (including phenoxy) is 1. The molecule has 1 amide bonds. The summed E-state index contributed by atoms with van der Waals surface area (Å²) in [5.41, 5.74) is -0.922. The minimum Gasteiger partial charge on any atom is -0.467 e. The number of rotatable bonds is 5.